The molecule has 0 aliphatic heterocycles. The Labute approximate surface area is 134 Å². The molecular weight excluding hydrogens is 302 g/mol. The summed E-state index contributed by atoms with van der Waals surface area (Å²) in [5.41, 5.74) is 0.640. The topological polar surface area (TPSA) is 47.6 Å². The van der Waals surface area contributed by atoms with Crippen molar-refractivity contribution in [1.82, 2.24) is 0 Å². The van der Waals surface area contributed by atoms with Gasteiger partial charge in [0.2, 0.25) is 0 Å². The maximum atomic E-state index is 11.9. The second kappa shape index (κ2) is 8.10. The number of hydrogen-bond acceptors (Lipinski definition) is 3. The lowest BCUT2D eigenvalue weighted by Crippen LogP contribution is -2.20. The standard InChI is InChI=1S/C17H16ClNO3/c1-2-9-21-16-8-4-6-14(11-16)19-17(20)12-22-15-7-3-5-13(18)10-15/h2-8,10-11H,1,9,12H2,(H,19,20). The second-order valence-electron chi connectivity index (χ2n) is 4.42. The fourth-order valence-corrected chi connectivity index (χ4v) is 1.90. The van der Waals surface area contributed by atoms with Crippen LogP contribution in [0.4, 0.5) is 5.69 Å². The highest BCUT2D eigenvalue weighted by atomic mass is 35.5. The van der Waals surface area contributed by atoms with E-state index in [2.05, 4.69) is 11.9 Å². The molecule has 0 atom stereocenters. The predicted molar refractivity (Wildman–Crippen MR) is 87.7 cm³/mol. The number of rotatable bonds is 7. The average molecular weight is 318 g/mol. The molecule has 0 bridgehead atoms. The van der Waals surface area contributed by atoms with E-state index >= 15 is 0 Å². The van der Waals surface area contributed by atoms with Crippen LogP contribution in [0.3, 0.4) is 0 Å². The Morgan fingerprint density at radius 1 is 1.14 bits per heavy atom. The first kappa shape index (κ1) is 15.9. The zero-order chi connectivity index (χ0) is 15.8. The molecule has 0 aromatic heterocycles. The largest absolute Gasteiger partial charge is 0.489 e. The first-order valence-electron chi connectivity index (χ1n) is 6.69. The molecule has 0 radical (unpaired) electrons. The van der Waals surface area contributed by atoms with Crippen LogP contribution in [-0.4, -0.2) is 19.1 Å². The number of carbonyl (C=O) groups is 1. The number of nitrogens with one attached hydrogen (secondary N) is 1. The minimum Gasteiger partial charge on any atom is -0.489 e. The van der Waals surface area contributed by atoms with Gasteiger partial charge in [-0.05, 0) is 30.3 Å². The van der Waals surface area contributed by atoms with Crippen molar-refractivity contribution in [2.24, 2.45) is 0 Å². The van der Waals surface area contributed by atoms with Gasteiger partial charge in [-0.25, -0.2) is 0 Å². The highest BCUT2D eigenvalue weighted by molar-refractivity contribution is 6.30. The van der Waals surface area contributed by atoms with Gasteiger partial charge >= 0.3 is 0 Å². The Hall–Kier alpha value is -2.46. The van der Waals surface area contributed by atoms with E-state index in [9.17, 15) is 4.79 Å². The van der Waals surface area contributed by atoms with Crippen molar-refractivity contribution < 1.29 is 14.3 Å². The Morgan fingerprint density at radius 3 is 2.59 bits per heavy atom. The summed E-state index contributed by atoms with van der Waals surface area (Å²) in [6.45, 7) is 3.90. The lowest BCUT2D eigenvalue weighted by atomic mass is 10.3. The highest BCUT2D eigenvalue weighted by Crippen LogP contribution is 2.18. The molecule has 2 aromatic rings. The number of benzene rings is 2. The number of amides is 1. The van der Waals surface area contributed by atoms with Crippen molar-refractivity contribution in [3.63, 3.8) is 0 Å². The molecule has 0 saturated carbocycles. The molecule has 0 saturated heterocycles. The first-order valence-corrected chi connectivity index (χ1v) is 7.07. The zero-order valence-corrected chi connectivity index (χ0v) is 12.7. The van der Waals surface area contributed by atoms with Gasteiger partial charge in [-0.1, -0.05) is 36.4 Å². The van der Waals surface area contributed by atoms with Crippen LogP contribution in [0.1, 0.15) is 0 Å². The number of hydrogen-bond donors (Lipinski definition) is 1. The molecule has 4 nitrogen and oxygen atoms in total. The van der Waals surface area contributed by atoms with E-state index in [-0.39, 0.29) is 12.5 Å². The van der Waals surface area contributed by atoms with E-state index in [1.165, 1.54) is 0 Å². The van der Waals surface area contributed by atoms with Crippen LogP contribution >= 0.6 is 11.6 Å². The second-order valence-corrected chi connectivity index (χ2v) is 4.86. The van der Waals surface area contributed by atoms with Gasteiger partial charge in [-0.15, -0.1) is 0 Å². The van der Waals surface area contributed by atoms with Crippen molar-refractivity contribution >= 4 is 23.2 Å². The van der Waals surface area contributed by atoms with Crippen LogP contribution in [0.25, 0.3) is 0 Å². The minimum absolute atomic E-state index is 0.0991. The van der Waals surface area contributed by atoms with Gasteiger partial charge in [0.25, 0.3) is 5.91 Å². The van der Waals surface area contributed by atoms with E-state index in [4.69, 9.17) is 21.1 Å². The zero-order valence-electron chi connectivity index (χ0n) is 11.9. The molecule has 5 heteroatoms. The summed E-state index contributed by atoms with van der Waals surface area (Å²) in [5.74, 6) is 0.944. The predicted octanol–water partition coefficient (Wildman–Crippen LogP) is 3.92. The molecule has 114 valence electrons. The molecule has 0 unspecified atom stereocenters. The Bertz CT molecular complexity index is 658. The van der Waals surface area contributed by atoms with Crippen LogP contribution < -0.4 is 14.8 Å². The first-order chi connectivity index (χ1) is 10.7. The molecule has 2 rings (SSSR count). The van der Waals surface area contributed by atoms with Gasteiger partial charge in [-0.2, -0.15) is 0 Å². The van der Waals surface area contributed by atoms with E-state index in [0.717, 1.165) is 0 Å². The van der Waals surface area contributed by atoms with Gasteiger partial charge in [0.1, 0.15) is 18.1 Å². The van der Waals surface area contributed by atoms with Crippen molar-refractivity contribution in [2.75, 3.05) is 18.5 Å². The third kappa shape index (κ3) is 5.14. The molecule has 22 heavy (non-hydrogen) atoms. The maximum absolute atomic E-state index is 11.9. The molecule has 2 aromatic carbocycles. The fraction of sp³-hybridized carbons (Fsp3) is 0.118. The lowest BCUT2D eigenvalue weighted by Gasteiger charge is -2.09. The van der Waals surface area contributed by atoms with Gasteiger partial charge < -0.3 is 14.8 Å². The molecule has 0 heterocycles. The molecule has 0 spiro atoms. The number of carbonyl (C=O) groups excluding carboxylic acids is 1. The summed E-state index contributed by atoms with van der Waals surface area (Å²) in [6, 6.07) is 14.0. The molecule has 1 N–H and O–H groups in total. The van der Waals surface area contributed by atoms with E-state index in [1.54, 1.807) is 48.5 Å². The summed E-state index contributed by atoms with van der Waals surface area (Å²) >= 11 is 5.85. The van der Waals surface area contributed by atoms with Gasteiger partial charge in [-0.3, -0.25) is 4.79 Å². The van der Waals surface area contributed by atoms with E-state index in [1.807, 2.05) is 6.07 Å². The maximum Gasteiger partial charge on any atom is 0.262 e. The van der Waals surface area contributed by atoms with Crippen LogP contribution in [0.5, 0.6) is 11.5 Å². The number of halogens is 1. The summed E-state index contributed by atoms with van der Waals surface area (Å²) in [4.78, 5) is 11.9. The number of anilines is 1. The SMILES string of the molecule is C=CCOc1cccc(NC(=O)COc2cccc(Cl)c2)c1. The Balaban J connectivity index is 1.87. The molecule has 0 aliphatic rings. The van der Waals surface area contributed by atoms with Crippen LogP contribution in [0.15, 0.2) is 61.2 Å². The van der Waals surface area contributed by atoms with Crippen LogP contribution in [-0.2, 0) is 4.79 Å². The quantitative estimate of drug-likeness (QED) is 0.787. The average Bonchev–Trinajstić information content (AvgIpc) is 2.51. The molecule has 0 aliphatic carbocycles. The smallest absolute Gasteiger partial charge is 0.262 e. The van der Waals surface area contributed by atoms with E-state index in [0.29, 0.717) is 28.8 Å². The van der Waals surface area contributed by atoms with Gasteiger partial charge in [0.15, 0.2) is 6.61 Å². The van der Waals surface area contributed by atoms with Crippen molar-refractivity contribution in [3.8, 4) is 11.5 Å². The van der Waals surface area contributed by atoms with Crippen molar-refractivity contribution in [1.29, 1.82) is 0 Å². The Morgan fingerprint density at radius 2 is 1.86 bits per heavy atom. The lowest BCUT2D eigenvalue weighted by molar-refractivity contribution is -0.118. The Kier molecular flexibility index (Phi) is 5.86. The normalized spacial score (nSPS) is 9.86. The molecular formula is C17H16ClNO3. The van der Waals surface area contributed by atoms with E-state index < -0.39 is 0 Å². The van der Waals surface area contributed by atoms with Crippen LogP contribution in [0, 0.1) is 0 Å². The molecule has 0 fully saturated rings. The van der Waals surface area contributed by atoms with Gasteiger partial charge in [0.05, 0.1) is 0 Å². The third-order valence-electron chi connectivity index (χ3n) is 2.65. The fourth-order valence-electron chi connectivity index (χ4n) is 1.72. The summed E-state index contributed by atoms with van der Waals surface area (Å²) in [7, 11) is 0. The summed E-state index contributed by atoms with van der Waals surface area (Å²) < 4.78 is 10.8. The van der Waals surface area contributed by atoms with Crippen LogP contribution in [0.2, 0.25) is 5.02 Å². The minimum atomic E-state index is -0.263. The van der Waals surface area contributed by atoms with Crippen molar-refractivity contribution in [3.05, 3.63) is 66.2 Å². The van der Waals surface area contributed by atoms with Crippen molar-refractivity contribution in [2.45, 2.75) is 0 Å². The molecule has 1 amide bonds. The number of ether oxygens (including phenoxy) is 2. The summed E-state index contributed by atoms with van der Waals surface area (Å²) in [6.07, 6.45) is 1.66. The third-order valence-corrected chi connectivity index (χ3v) is 2.89. The monoisotopic (exact) mass is 317 g/mol. The highest BCUT2D eigenvalue weighted by Gasteiger charge is 2.05. The summed E-state index contributed by atoms with van der Waals surface area (Å²) in [5, 5.41) is 3.30. The van der Waals surface area contributed by atoms with Gasteiger partial charge in [0, 0.05) is 16.8 Å².